The lowest BCUT2D eigenvalue weighted by Crippen LogP contribution is -2.05. The molecule has 2 aromatic carbocycles. The van der Waals surface area contributed by atoms with Crippen molar-refractivity contribution in [3.05, 3.63) is 63.4 Å². The Morgan fingerprint density at radius 2 is 1.61 bits per heavy atom. The van der Waals surface area contributed by atoms with E-state index in [0.29, 0.717) is 23.1 Å². The SMILES string of the molecule is O=c1c(-c2ccc(Br)cc2)coc2cc(OCCCCCCCCBr)ccc12. The van der Waals surface area contributed by atoms with Gasteiger partial charge in [0.05, 0.1) is 17.6 Å². The first-order valence-corrected chi connectivity index (χ1v) is 11.6. The van der Waals surface area contributed by atoms with Gasteiger partial charge in [-0.25, -0.2) is 0 Å². The third-order valence-electron chi connectivity index (χ3n) is 4.70. The van der Waals surface area contributed by atoms with E-state index in [1.807, 2.05) is 30.3 Å². The molecule has 0 amide bonds. The van der Waals surface area contributed by atoms with E-state index in [-0.39, 0.29) is 5.43 Å². The summed E-state index contributed by atoms with van der Waals surface area (Å²) in [7, 11) is 0. The summed E-state index contributed by atoms with van der Waals surface area (Å²) in [5, 5.41) is 1.67. The molecule has 0 saturated heterocycles. The van der Waals surface area contributed by atoms with Gasteiger partial charge in [0.15, 0.2) is 5.43 Å². The summed E-state index contributed by atoms with van der Waals surface area (Å²) in [6.07, 6.45) is 8.83. The number of hydrogen-bond donors (Lipinski definition) is 0. The smallest absolute Gasteiger partial charge is 0.200 e. The summed E-state index contributed by atoms with van der Waals surface area (Å²) in [5.41, 5.74) is 1.93. The van der Waals surface area contributed by atoms with E-state index in [1.54, 1.807) is 12.1 Å². The van der Waals surface area contributed by atoms with Crippen LogP contribution in [0.15, 0.2) is 62.4 Å². The molecule has 0 bridgehead atoms. The molecule has 0 saturated carbocycles. The Hall–Kier alpha value is -1.59. The van der Waals surface area contributed by atoms with Crippen LogP contribution in [0.25, 0.3) is 22.1 Å². The fourth-order valence-corrected chi connectivity index (χ4v) is 3.78. The summed E-state index contributed by atoms with van der Waals surface area (Å²) >= 11 is 6.87. The van der Waals surface area contributed by atoms with Gasteiger partial charge in [0, 0.05) is 15.9 Å². The van der Waals surface area contributed by atoms with Crippen LogP contribution in [0.5, 0.6) is 5.75 Å². The lowest BCUT2D eigenvalue weighted by Gasteiger charge is -2.08. The number of fused-ring (bicyclic) bond motifs is 1. The molecular formula is C23H24Br2O3. The van der Waals surface area contributed by atoms with Crippen molar-refractivity contribution >= 4 is 42.8 Å². The van der Waals surface area contributed by atoms with Gasteiger partial charge < -0.3 is 9.15 Å². The summed E-state index contributed by atoms with van der Waals surface area (Å²) in [5.74, 6) is 0.742. The first-order chi connectivity index (χ1) is 13.7. The maximum absolute atomic E-state index is 12.8. The molecular weight excluding hydrogens is 484 g/mol. The van der Waals surface area contributed by atoms with E-state index in [2.05, 4.69) is 31.9 Å². The molecule has 3 aromatic rings. The van der Waals surface area contributed by atoms with Crippen LogP contribution >= 0.6 is 31.9 Å². The monoisotopic (exact) mass is 506 g/mol. The summed E-state index contributed by atoms with van der Waals surface area (Å²) in [6, 6.07) is 13.1. The number of benzene rings is 2. The van der Waals surface area contributed by atoms with Crippen molar-refractivity contribution < 1.29 is 9.15 Å². The zero-order valence-electron chi connectivity index (χ0n) is 15.8. The number of rotatable bonds is 10. The number of alkyl halides is 1. The average molecular weight is 508 g/mol. The first kappa shape index (κ1) is 21.1. The molecule has 0 fully saturated rings. The van der Waals surface area contributed by atoms with Crippen molar-refractivity contribution in [3.63, 3.8) is 0 Å². The molecule has 5 heteroatoms. The minimum absolute atomic E-state index is 0.0291. The second-order valence-electron chi connectivity index (χ2n) is 6.80. The molecule has 148 valence electrons. The topological polar surface area (TPSA) is 39.4 Å². The van der Waals surface area contributed by atoms with Gasteiger partial charge in [-0.2, -0.15) is 0 Å². The van der Waals surface area contributed by atoms with Crippen molar-refractivity contribution in [2.75, 3.05) is 11.9 Å². The molecule has 3 rings (SSSR count). The van der Waals surface area contributed by atoms with Crippen LogP contribution in [0.1, 0.15) is 38.5 Å². The van der Waals surface area contributed by atoms with Crippen LogP contribution in [0, 0.1) is 0 Å². The zero-order chi connectivity index (χ0) is 19.8. The fraction of sp³-hybridized carbons (Fsp3) is 0.348. The van der Waals surface area contributed by atoms with Gasteiger partial charge in [-0.1, -0.05) is 69.7 Å². The highest BCUT2D eigenvalue weighted by Gasteiger charge is 2.10. The van der Waals surface area contributed by atoms with Crippen LogP contribution in [0.3, 0.4) is 0 Å². The van der Waals surface area contributed by atoms with Crippen LogP contribution in [-0.4, -0.2) is 11.9 Å². The Morgan fingerprint density at radius 3 is 2.36 bits per heavy atom. The molecule has 0 atom stereocenters. The zero-order valence-corrected chi connectivity index (χ0v) is 18.9. The van der Waals surface area contributed by atoms with Gasteiger partial charge in [0.25, 0.3) is 0 Å². The van der Waals surface area contributed by atoms with Crippen LogP contribution in [0.2, 0.25) is 0 Å². The number of ether oxygens (including phenoxy) is 1. The molecule has 0 radical (unpaired) electrons. The molecule has 1 heterocycles. The van der Waals surface area contributed by atoms with Crippen molar-refractivity contribution in [1.29, 1.82) is 0 Å². The van der Waals surface area contributed by atoms with Gasteiger partial charge in [-0.05, 0) is 42.7 Å². The number of hydrogen-bond acceptors (Lipinski definition) is 3. The van der Waals surface area contributed by atoms with Gasteiger partial charge in [-0.15, -0.1) is 0 Å². The van der Waals surface area contributed by atoms with E-state index in [0.717, 1.165) is 27.5 Å². The van der Waals surface area contributed by atoms with Crippen LogP contribution in [0.4, 0.5) is 0 Å². The van der Waals surface area contributed by atoms with Crippen molar-refractivity contribution in [3.8, 4) is 16.9 Å². The largest absolute Gasteiger partial charge is 0.493 e. The predicted octanol–water partition coefficient (Wildman–Crippen LogP) is 7.34. The van der Waals surface area contributed by atoms with Gasteiger partial charge in [-0.3, -0.25) is 4.79 Å². The van der Waals surface area contributed by atoms with E-state index >= 15 is 0 Å². The lowest BCUT2D eigenvalue weighted by atomic mass is 10.1. The van der Waals surface area contributed by atoms with Gasteiger partial charge >= 0.3 is 0 Å². The highest BCUT2D eigenvalue weighted by Crippen LogP contribution is 2.24. The van der Waals surface area contributed by atoms with Gasteiger partial charge in [0.2, 0.25) is 0 Å². The highest BCUT2D eigenvalue weighted by molar-refractivity contribution is 9.10. The average Bonchev–Trinajstić information content (AvgIpc) is 2.71. The normalized spacial score (nSPS) is 11.1. The molecule has 0 spiro atoms. The van der Waals surface area contributed by atoms with E-state index < -0.39 is 0 Å². The van der Waals surface area contributed by atoms with Crippen molar-refractivity contribution in [1.82, 2.24) is 0 Å². The summed E-state index contributed by atoms with van der Waals surface area (Å²) < 4.78 is 12.5. The molecule has 28 heavy (non-hydrogen) atoms. The second kappa shape index (κ2) is 10.8. The molecule has 0 aliphatic carbocycles. The minimum Gasteiger partial charge on any atom is -0.493 e. The van der Waals surface area contributed by atoms with Crippen LogP contribution in [-0.2, 0) is 0 Å². The Bertz CT molecular complexity index is 948. The van der Waals surface area contributed by atoms with Crippen LogP contribution < -0.4 is 10.2 Å². The Balaban J connectivity index is 1.61. The molecule has 0 aliphatic rings. The van der Waals surface area contributed by atoms with E-state index in [1.165, 1.54) is 38.4 Å². The van der Waals surface area contributed by atoms with E-state index in [9.17, 15) is 4.79 Å². The Morgan fingerprint density at radius 1 is 0.893 bits per heavy atom. The minimum atomic E-state index is -0.0291. The lowest BCUT2D eigenvalue weighted by molar-refractivity contribution is 0.304. The second-order valence-corrected chi connectivity index (χ2v) is 8.51. The maximum Gasteiger partial charge on any atom is 0.200 e. The maximum atomic E-state index is 12.8. The molecule has 0 N–H and O–H groups in total. The molecule has 0 unspecified atom stereocenters. The molecule has 1 aromatic heterocycles. The summed E-state index contributed by atoms with van der Waals surface area (Å²) in [4.78, 5) is 12.8. The fourth-order valence-electron chi connectivity index (χ4n) is 3.12. The van der Waals surface area contributed by atoms with Gasteiger partial charge in [0.1, 0.15) is 17.6 Å². The van der Waals surface area contributed by atoms with Crippen molar-refractivity contribution in [2.24, 2.45) is 0 Å². The first-order valence-electron chi connectivity index (χ1n) is 9.69. The summed E-state index contributed by atoms with van der Waals surface area (Å²) in [6.45, 7) is 0.686. The highest BCUT2D eigenvalue weighted by atomic mass is 79.9. The third-order valence-corrected chi connectivity index (χ3v) is 5.79. The molecule has 3 nitrogen and oxygen atoms in total. The number of unbranched alkanes of at least 4 members (excludes halogenated alkanes) is 5. The predicted molar refractivity (Wildman–Crippen MR) is 123 cm³/mol. The van der Waals surface area contributed by atoms with Crippen molar-refractivity contribution in [2.45, 2.75) is 38.5 Å². The standard InChI is InChI=1S/C23H24Br2O3/c24-13-5-3-1-2-4-6-14-27-19-11-12-20-22(15-19)28-16-21(23(20)26)17-7-9-18(25)10-8-17/h7-12,15-16H,1-6,13-14H2. The quantitative estimate of drug-likeness (QED) is 0.213. The Kier molecular flexibility index (Phi) is 8.16. The molecule has 0 aliphatic heterocycles. The van der Waals surface area contributed by atoms with E-state index in [4.69, 9.17) is 9.15 Å². The Labute approximate surface area is 182 Å². The third kappa shape index (κ3) is 5.71. The number of halogens is 2.